The summed E-state index contributed by atoms with van der Waals surface area (Å²) in [5.41, 5.74) is 5.76. The van der Waals surface area contributed by atoms with E-state index in [1.54, 1.807) is 6.07 Å². The number of hydrogen-bond acceptors (Lipinski definition) is 4. The molecule has 1 fully saturated rings. The van der Waals surface area contributed by atoms with Crippen LogP contribution in [0, 0.1) is 0 Å². The largest absolute Gasteiger partial charge is 0.441 e. The number of amides is 1. The van der Waals surface area contributed by atoms with Crippen molar-refractivity contribution in [3.8, 4) is 0 Å². The van der Waals surface area contributed by atoms with Crippen LogP contribution < -0.4 is 10.6 Å². The second-order valence-corrected chi connectivity index (χ2v) is 7.52. The molecule has 30 heavy (non-hydrogen) atoms. The lowest BCUT2D eigenvalue weighted by atomic mass is 10.1. The van der Waals surface area contributed by atoms with Crippen molar-refractivity contribution in [3.63, 3.8) is 0 Å². The highest BCUT2D eigenvalue weighted by Gasteiger charge is 2.34. The number of nitrogens with zero attached hydrogens (tertiary/aromatic N) is 2. The van der Waals surface area contributed by atoms with E-state index < -0.39 is 23.9 Å². The number of nitrogens with two attached hydrogens (primary N) is 1. The van der Waals surface area contributed by atoms with Gasteiger partial charge in [0, 0.05) is 44.8 Å². The first kappa shape index (κ1) is 22.2. The molecule has 3 rings (SSSR count). The van der Waals surface area contributed by atoms with E-state index in [1.807, 2.05) is 35.2 Å². The molecule has 0 spiro atoms. The quantitative estimate of drug-likeness (QED) is 0.705. The van der Waals surface area contributed by atoms with Crippen LogP contribution in [0.5, 0.6) is 0 Å². The molecular weight excluding hydrogens is 419 g/mol. The maximum absolute atomic E-state index is 13.1. The van der Waals surface area contributed by atoms with E-state index in [-0.39, 0.29) is 5.02 Å². The predicted octanol–water partition coefficient (Wildman–Crippen LogP) is 4.71. The summed E-state index contributed by atoms with van der Waals surface area (Å²) in [6, 6.07) is 13.4. The molecule has 162 valence electrons. The van der Waals surface area contributed by atoms with Crippen LogP contribution in [0.25, 0.3) is 0 Å². The molecule has 0 radical (unpaired) electrons. The van der Waals surface area contributed by atoms with Crippen LogP contribution in [0.1, 0.15) is 23.7 Å². The van der Waals surface area contributed by atoms with Gasteiger partial charge in [0.25, 0.3) is 0 Å². The third-order valence-corrected chi connectivity index (χ3v) is 5.46. The van der Waals surface area contributed by atoms with E-state index in [0.29, 0.717) is 44.8 Å². The first-order valence-corrected chi connectivity index (χ1v) is 9.97. The standard InChI is InChI=1S/C21H23ClF3N3O2/c22-18-7-6-16(14-17(18)21(23,24)25)28-12-10-27(11-13-28)9-8-19(30-20(26)29)15-4-2-1-3-5-15/h1-7,14,19H,8-13H2,(H2,26,29). The zero-order valence-corrected chi connectivity index (χ0v) is 17.0. The van der Waals surface area contributed by atoms with Crippen molar-refractivity contribution >= 4 is 23.4 Å². The number of piperazine rings is 1. The Morgan fingerprint density at radius 2 is 1.77 bits per heavy atom. The molecule has 1 heterocycles. The molecule has 2 aromatic carbocycles. The first-order chi connectivity index (χ1) is 14.2. The van der Waals surface area contributed by atoms with Crippen LogP contribution in [0.3, 0.4) is 0 Å². The van der Waals surface area contributed by atoms with E-state index in [9.17, 15) is 18.0 Å². The molecule has 1 atom stereocenters. The highest BCUT2D eigenvalue weighted by molar-refractivity contribution is 6.31. The van der Waals surface area contributed by atoms with Gasteiger partial charge in [0.05, 0.1) is 10.6 Å². The summed E-state index contributed by atoms with van der Waals surface area (Å²) in [7, 11) is 0. The molecule has 9 heteroatoms. The molecule has 1 saturated heterocycles. The van der Waals surface area contributed by atoms with Gasteiger partial charge < -0.3 is 15.4 Å². The van der Waals surface area contributed by atoms with Crippen molar-refractivity contribution in [1.82, 2.24) is 4.90 Å². The molecule has 2 aromatic rings. The van der Waals surface area contributed by atoms with Crippen LogP contribution in [0.2, 0.25) is 5.02 Å². The zero-order valence-electron chi connectivity index (χ0n) is 16.2. The minimum atomic E-state index is -4.48. The van der Waals surface area contributed by atoms with Gasteiger partial charge in [0.15, 0.2) is 0 Å². The highest BCUT2D eigenvalue weighted by Crippen LogP contribution is 2.37. The third kappa shape index (κ3) is 5.79. The second-order valence-electron chi connectivity index (χ2n) is 7.12. The number of alkyl halides is 3. The molecule has 1 amide bonds. The average molecular weight is 442 g/mol. The number of halogens is 4. The molecule has 2 N–H and O–H groups in total. The van der Waals surface area contributed by atoms with Gasteiger partial charge in [0.1, 0.15) is 6.10 Å². The lowest BCUT2D eigenvalue weighted by Gasteiger charge is -2.36. The monoisotopic (exact) mass is 441 g/mol. The van der Waals surface area contributed by atoms with Crippen LogP contribution >= 0.6 is 11.6 Å². The summed E-state index contributed by atoms with van der Waals surface area (Å²) >= 11 is 5.71. The molecule has 5 nitrogen and oxygen atoms in total. The molecule has 0 bridgehead atoms. The number of carbonyl (C=O) groups is 1. The van der Waals surface area contributed by atoms with Gasteiger partial charge in [-0.15, -0.1) is 0 Å². The van der Waals surface area contributed by atoms with Crippen molar-refractivity contribution in [2.45, 2.75) is 18.7 Å². The zero-order chi connectivity index (χ0) is 21.7. The van der Waals surface area contributed by atoms with Crippen LogP contribution in [0.4, 0.5) is 23.7 Å². The molecule has 1 unspecified atom stereocenters. The molecule has 1 aliphatic rings. The minimum absolute atomic E-state index is 0.300. The smallest absolute Gasteiger partial charge is 0.417 e. The van der Waals surface area contributed by atoms with Crippen molar-refractivity contribution in [1.29, 1.82) is 0 Å². The molecular formula is C21H23ClF3N3O2. The van der Waals surface area contributed by atoms with Crippen molar-refractivity contribution < 1.29 is 22.7 Å². The molecule has 0 aliphatic carbocycles. The fourth-order valence-corrected chi connectivity index (χ4v) is 3.78. The summed E-state index contributed by atoms with van der Waals surface area (Å²) in [4.78, 5) is 15.4. The number of anilines is 1. The van der Waals surface area contributed by atoms with Gasteiger partial charge in [0.2, 0.25) is 0 Å². The second kappa shape index (κ2) is 9.57. The Morgan fingerprint density at radius 3 is 2.37 bits per heavy atom. The number of primary amides is 1. The normalized spacial score (nSPS) is 16.3. The predicted molar refractivity (Wildman–Crippen MR) is 110 cm³/mol. The number of hydrogen-bond donors (Lipinski definition) is 1. The topological polar surface area (TPSA) is 58.8 Å². The Bertz CT molecular complexity index is 856. The van der Waals surface area contributed by atoms with Crippen molar-refractivity contribution in [2.75, 3.05) is 37.6 Å². The van der Waals surface area contributed by atoms with Gasteiger partial charge in [-0.2, -0.15) is 13.2 Å². The lowest BCUT2D eigenvalue weighted by molar-refractivity contribution is -0.137. The van der Waals surface area contributed by atoms with Gasteiger partial charge in [-0.05, 0) is 23.8 Å². The Labute approximate surface area is 178 Å². The van der Waals surface area contributed by atoms with Crippen LogP contribution in [0.15, 0.2) is 48.5 Å². The summed E-state index contributed by atoms with van der Waals surface area (Å²) in [6.07, 6.45) is -5.17. The van der Waals surface area contributed by atoms with Crippen molar-refractivity contribution in [2.24, 2.45) is 5.73 Å². The van der Waals surface area contributed by atoms with Crippen molar-refractivity contribution in [3.05, 3.63) is 64.7 Å². The number of carbonyl (C=O) groups excluding carboxylic acids is 1. The van der Waals surface area contributed by atoms with Crippen LogP contribution in [-0.4, -0.2) is 43.7 Å². The summed E-state index contributed by atoms with van der Waals surface area (Å²) in [5.74, 6) is 0. The number of benzene rings is 2. The maximum Gasteiger partial charge on any atom is 0.417 e. The van der Waals surface area contributed by atoms with Gasteiger partial charge >= 0.3 is 12.3 Å². The van der Waals surface area contributed by atoms with E-state index >= 15 is 0 Å². The number of ether oxygens (including phenoxy) is 1. The summed E-state index contributed by atoms with van der Waals surface area (Å²) < 4.78 is 44.6. The third-order valence-electron chi connectivity index (χ3n) is 5.13. The van der Waals surface area contributed by atoms with Gasteiger partial charge in [-0.3, -0.25) is 4.90 Å². The van der Waals surface area contributed by atoms with Gasteiger partial charge in [-0.25, -0.2) is 4.79 Å². The Kier molecular flexibility index (Phi) is 7.10. The van der Waals surface area contributed by atoms with E-state index in [1.165, 1.54) is 6.07 Å². The minimum Gasteiger partial charge on any atom is -0.441 e. The molecule has 1 aliphatic heterocycles. The lowest BCUT2D eigenvalue weighted by Crippen LogP contribution is -2.47. The summed E-state index contributed by atoms with van der Waals surface area (Å²) in [5, 5.41) is -0.300. The number of rotatable bonds is 6. The Morgan fingerprint density at radius 1 is 1.10 bits per heavy atom. The van der Waals surface area contributed by atoms with E-state index in [2.05, 4.69) is 4.90 Å². The maximum atomic E-state index is 13.1. The SMILES string of the molecule is NC(=O)OC(CCN1CCN(c2ccc(Cl)c(C(F)(F)F)c2)CC1)c1ccccc1. The fourth-order valence-electron chi connectivity index (χ4n) is 3.56. The van der Waals surface area contributed by atoms with E-state index in [4.69, 9.17) is 22.1 Å². The van der Waals surface area contributed by atoms with Gasteiger partial charge in [-0.1, -0.05) is 41.9 Å². The molecule has 0 aromatic heterocycles. The molecule has 0 saturated carbocycles. The first-order valence-electron chi connectivity index (χ1n) is 9.59. The summed E-state index contributed by atoms with van der Waals surface area (Å²) in [6.45, 7) is 3.22. The average Bonchev–Trinajstić information content (AvgIpc) is 2.71. The van der Waals surface area contributed by atoms with Crippen LogP contribution in [-0.2, 0) is 10.9 Å². The Hall–Kier alpha value is -2.45. The van der Waals surface area contributed by atoms with E-state index in [0.717, 1.165) is 11.6 Å². The Balaban J connectivity index is 1.57. The highest BCUT2D eigenvalue weighted by atomic mass is 35.5. The fraction of sp³-hybridized carbons (Fsp3) is 0.381.